The Morgan fingerprint density at radius 2 is 2.30 bits per heavy atom. The number of halogens is 1. The molecule has 1 aromatic carbocycles. The third-order valence-electron chi connectivity index (χ3n) is 3.38. The average Bonchev–Trinajstić information content (AvgIpc) is 2.91. The summed E-state index contributed by atoms with van der Waals surface area (Å²) >= 11 is 3.29. The maximum Gasteiger partial charge on any atom is 0.240 e. The molecular formula is C13H19BrN2O3S. The first-order valence-electron chi connectivity index (χ1n) is 6.59. The molecule has 7 heteroatoms. The fourth-order valence-corrected chi connectivity index (χ4v) is 4.03. The van der Waals surface area contributed by atoms with Crippen molar-refractivity contribution in [3.63, 3.8) is 0 Å². The number of sulfonamides is 1. The lowest BCUT2D eigenvalue weighted by atomic mass is 10.2. The van der Waals surface area contributed by atoms with E-state index in [0.29, 0.717) is 22.8 Å². The molecule has 0 aliphatic carbocycles. The van der Waals surface area contributed by atoms with Gasteiger partial charge in [0.15, 0.2) is 0 Å². The van der Waals surface area contributed by atoms with E-state index in [0.717, 1.165) is 19.4 Å². The molecule has 1 aromatic rings. The van der Waals surface area contributed by atoms with Crippen molar-refractivity contribution in [3.05, 3.63) is 22.7 Å². The molecule has 0 spiro atoms. The predicted octanol–water partition coefficient (Wildman–Crippen LogP) is 1.88. The van der Waals surface area contributed by atoms with Gasteiger partial charge in [0.2, 0.25) is 10.0 Å². The van der Waals surface area contributed by atoms with Crippen molar-refractivity contribution in [2.75, 3.05) is 20.2 Å². The zero-order valence-corrected chi connectivity index (χ0v) is 13.8. The summed E-state index contributed by atoms with van der Waals surface area (Å²) in [4.78, 5) is 0.240. The van der Waals surface area contributed by atoms with Gasteiger partial charge >= 0.3 is 0 Å². The molecule has 1 heterocycles. The summed E-state index contributed by atoms with van der Waals surface area (Å²) < 4.78 is 32.7. The van der Waals surface area contributed by atoms with Crippen LogP contribution in [0.4, 0.5) is 0 Å². The molecule has 1 aliphatic heterocycles. The lowest BCUT2D eigenvalue weighted by Gasteiger charge is -2.12. The summed E-state index contributed by atoms with van der Waals surface area (Å²) in [5, 5.41) is 3.35. The van der Waals surface area contributed by atoms with E-state index in [2.05, 4.69) is 26.0 Å². The van der Waals surface area contributed by atoms with Crippen LogP contribution in [0.3, 0.4) is 0 Å². The average molecular weight is 363 g/mol. The van der Waals surface area contributed by atoms with E-state index in [1.54, 1.807) is 25.3 Å². The quantitative estimate of drug-likeness (QED) is 0.810. The van der Waals surface area contributed by atoms with E-state index in [9.17, 15) is 8.42 Å². The minimum Gasteiger partial charge on any atom is -0.496 e. The number of ether oxygens (including phenoxy) is 1. The Morgan fingerprint density at radius 1 is 1.50 bits per heavy atom. The maximum atomic E-state index is 12.2. The summed E-state index contributed by atoms with van der Waals surface area (Å²) in [6, 6.07) is 5.16. The highest BCUT2D eigenvalue weighted by atomic mass is 79.9. The molecule has 20 heavy (non-hydrogen) atoms. The summed E-state index contributed by atoms with van der Waals surface area (Å²) in [5.41, 5.74) is 0. The van der Waals surface area contributed by atoms with Gasteiger partial charge in [-0.15, -0.1) is 0 Å². The van der Waals surface area contributed by atoms with Crippen molar-refractivity contribution >= 4 is 26.0 Å². The highest BCUT2D eigenvalue weighted by molar-refractivity contribution is 9.10. The van der Waals surface area contributed by atoms with Crippen LogP contribution in [-0.4, -0.2) is 34.7 Å². The fraction of sp³-hybridized carbons (Fsp3) is 0.538. The molecule has 112 valence electrons. The molecule has 1 aliphatic rings. The van der Waals surface area contributed by atoms with Crippen molar-refractivity contribution in [1.82, 2.24) is 10.0 Å². The van der Waals surface area contributed by atoms with Crippen LogP contribution in [0, 0.1) is 0 Å². The van der Waals surface area contributed by atoms with Crippen LogP contribution in [0.1, 0.15) is 19.3 Å². The van der Waals surface area contributed by atoms with Gasteiger partial charge in [-0.1, -0.05) is 0 Å². The van der Waals surface area contributed by atoms with Gasteiger partial charge in [0.25, 0.3) is 0 Å². The first kappa shape index (κ1) is 15.8. The van der Waals surface area contributed by atoms with Crippen LogP contribution in [0.5, 0.6) is 5.75 Å². The third kappa shape index (κ3) is 3.94. The monoisotopic (exact) mass is 362 g/mol. The highest BCUT2D eigenvalue weighted by Crippen LogP contribution is 2.27. The van der Waals surface area contributed by atoms with E-state index in [4.69, 9.17) is 4.74 Å². The molecule has 1 atom stereocenters. The standard InChI is InChI=1S/C13H19BrN2O3S/c1-19-13-5-4-11(9-12(13)14)20(17,18)16-8-6-10-3-2-7-15-10/h4-5,9-10,15-16H,2-3,6-8H2,1H3/t10-/m1/s1. The molecule has 0 bridgehead atoms. The van der Waals surface area contributed by atoms with E-state index in [1.165, 1.54) is 6.42 Å². The van der Waals surface area contributed by atoms with Gasteiger partial charge in [-0.3, -0.25) is 0 Å². The Hall–Kier alpha value is -0.630. The number of benzene rings is 1. The lowest BCUT2D eigenvalue weighted by Crippen LogP contribution is -2.30. The minimum absolute atomic E-state index is 0.240. The molecule has 0 radical (unpaired) electrons. The second-order valence-electron chi connectivity index (χ2n) is 4.78. The van der Waals surface area contributed by atoms with Crippen molar-refractivity contribution in [1.29, 1.82) is 0 Å². The minimum atomic E-state index is -3.46. The van der Waals surface area contributed by atoms with Gasteiger partial charge in [0.1, 0.15) is 5.75 Å². The largest absolute Gasteiger partial charge is 0.496 e. The molecule has 1 fully saturated rings. The highest BCUT2D eigenvalue weighted by Gasteiger charge is 2.18. The van der Waals surface area contributed by atoms with E-state index >= 15 is 0 Å². The summed E-state index contributed by atoms with van der Waals surface area (Å²) in [6.45, 7) is 1.48. The van der Waals surface area contributed by atoms with Gasteiger partial charge in [0.05, 0.1) is 16.5 Å². The normalized spacial score (nSPS) is 19.2. The Kier molecular flexibility index (Phi) is 5.42. The second kappa shape index (κ2) is 6.89. The van der Waals surface area contributed by atoms with Crippen LogP contribution in [-0.2, 0) is 10.0 Å². The van der Waals surface area contributed by atoms with Crippen molar-refractivity contribution in [2.24, 2.45) is 0 Å². The predicted molar refractivity (Wildman–Crippen MR) is 81.5 cm³/mol. The Balaban J connectivity index is 1.96. The first-order chi connectivity index (χ1) is 9.53. The molecule has 2 rings (SSSR count). The van der Waals surface area contributed by atoms with Crippen LogP contribution < -0.4 is 14.8 Å². The second-order valence-corrected chi connectivity index (χ2v) is 7.40. The zero-order chi connectivity index (χ0) is 14.6. The lowest BCUT2D eigenvalue weighted by molar-refractivity contribution is 0.411. The Morgan fingerprint density at radius 3 is 2.90 bits per heavy atom. The first-order valence-corrected chi connectivity index (χ1v) is 8.87. The van der Waals surface area contributed by atoms with Crippen LogP contribution in [0.2, 0.25) is 0 Å². The number of rotatable bonds is 6. The van der Waals surface area contributed by atoms with E-state index in [-0.39, 0.29) is 4.90 Å². The SMILES string of the molecule is COc1ccc(S(=O)(=O)NCC[C@H]2CCCN2)cc1Br. The van der Waals surface area contributed by atoms with Gasteiger partial charge in [-0.25, -0.2) is 13.1 Å². The van der Waals surface area contributed by atoms with Crippen molar-refractivity contribution < 1.29 is 13.2 Å². The Bertz CT molecular complexity index is 557. The smallest absolute Gasteiger partial charge is 0.240 e. The number of hydrogen-bond donors (Lipinski definition) is 2. The molecule has 0 saturated carbocycles. The van der Waals surface area contributed by atoms with Crippen LogP contribution >= 0.6 is 15.9 Å². The molecule has 0 unspecified atom stereocenters. The Labute approximate surface area is 128 Å². The summed E-state index contributed by atoms with van der Waals surface area (Å²) in [6.07, 6.45) is 3.11. The molecule has 0 aromatic heterocycles. The topological polar surface area (TPSA) is 67.4 Å². The van der Waals surface area contributed by atoms with Crippen LogP contribution in [0.25, 0.3) is 0 Å². The third-order valence-corrected chi connectivity index (χ3v) is 5.46. The number of nitrogens with one attached hydrogen (secondary N) is 2. The molecule has 0 amide bonds. The summed E-state index contributed by atoms with van der Waals surface area (Å²) in [7, 11) is -1.92. The molecular weight excluding hydrogens is 344 g/mol. The molecule has 2 N–H and O–H groups in total. The maximum absolute atomic E-state index is 12.2. The van der Waals surface area contributed by atoms with Gasteiger partial charge in [-0.05, 0) is 59.9 Å². The molecule has 5 nitrogen and oxygen atoms in total. The fourth-order valence-electron chi connectivity index (χ4n) is 2.27. The van der Waals surface area contributed by atoms with Gasteiger partial charge in [-0.2, -0.15) is 0 Å². The molecule has 1 saturated heterocycles. The zero-order valence-electron chi connectivity index (χ0n) is 11.4. The summed E-state index contributed by atoms with van der Waals surface area (Å²) in [5.74, 6) is 0.610. The van der Waals surface area contributed by atoms with Crippen molar-refractivity contribution in [3.8, 4) is 5.75 Å². The van der Waals surface area contributed by atoms with Crippen LogP contribution in [0.15, 0.2) is 27.6 Å². The van der Waals surface area contributed by atoms with Crippen molar-refractivity contribution in [2.45, 2.75) is 30.2 Å². The van der Waals surface area contributed by atoms with E-state index in [1.807, 2.05) is 0 Å². The number of methoxy groups -OCH3 is 1. The van der Waals surface area contributed by atoms with Gasteiger partial charge in [0, 0.05) is 12.6 Å². The number of hydrogen-bond acceptors (Lipinski definition) is 4. The van der Waals surface area contributed by atoms with E-state index < -0.39 is 10.0 Å². The van der Waals surface area contributed by atoms with Gasteiger partial charge < -0.3 is 10.1 Å².